The van der Waals surface area contributed by atoms with Crippen LogP contribution in [0.15, 0.2) is 152 Å². The number of hydrogen-bond donors (Lipinski definition) is 0. The van der Waals surface area contributed by atoms with Gasteiger partial charge in [0.25, 0.3) is 0 Å². The minimum absolute atomic E-state index is 0.326. The van der Waals surface area contributed by atoms with Gasteiger partial charge in [0.05, 0.1) is 50.5 Å². The van der Waals surface area contributed by atoms with Crippen LogP contribution in [0.4, 0.5) is 0 Å². The van der Waals surface area contributed by atoms with Crippen LogP contribution in [0.5, 0.6) is 0 Å². The van der Waals surface area contributed by atoms with E-state index in [1.807, 2.05) is 60.7 Å². The highest BCUT2D eigenvalue weighted by molar-refractivity contribution is 6.11. The van der Waals surface area contributed by atoms with E-state index in [0.29, 0.717) is 22.3 Å². The molecule has 0 amide bonds. The van der Waals surface area contributed by atoms with Crippen molar-refractivity contribution < 1.29 is 0 Å². The zero-order valence-corrected chi connectivity index (χ0v) is 26.7. The summed E-state index contributed by atoms with van der Waals surface area (Å²) >= 11 is 0. The zero-order valence-electron chi connectivity index (χ0n) is 26.7. The molecule has 50 heavy (non-hydrogen) atoms. The van der Waals surface area contributed by atoms with Gasteiger partial charge < -0.3 is 9.13 Å². The topological polar surface area (TPSA) is 81.2 Å². The molecule has 0 unspecified atom stereocenters. The second kappa shape index (κ2) is 11.4. The first-order valence-corrected chi connectivity index (χ1v) is 16.3. The van der Waals surface area contributed by atoms with Crippen LogP contribution in [-0.4, -0.2) is 9.13 Å². The van der Waals surface area contributed by atoms with Crippen LogP contribution in [-0.2, 0) is 0 Å². The number of benzene rings is 7. The molecule has 7 aromatic carbocycles. The van der Waals surface area contributed by atoms with Crippen molar-refractivity contribution in [3.63, 3.8) is 0 Å². The largest absolute Gasteiger partial charge is 0.309 e. The fourth-order valence-corrected chi connectivity index (χ4v) is 7.54. The van der Waals surface area contributed by atoms with Crippen LogP contribution in [0, 0.1) is 34.0 Å². The molecule has 2 aromatic heterocycles. The van der Waals surface area contributed by atoms with Crippen molar-refractivity contribution in [2.75, 3.05) is 0 Å². The molecule has 0 aliphatic rings. The van der Waals surface area contributed by atoms with Gasteiger partial charge in [0, 0.05) is 38.4 Å². The third kappa shape index (κ3) is 4.24. The van der Waals surface area contributed by atoms with Gasteiger partial charge in [-0.05, 0) is 71.8 Å². The summed E-state index contributed by atoms with van der Waals surface area (Å²) in [4.78, 5) is 0. The minimum Gasteiger partial charge on any atom is -0.309 e. The van der Waals surface area contributed by atoms with Gasteiger partial charge in [-0.3, -0.25) is 0 Å². The molecule has 0 saturated heterocycles. The lowest BCUT2D eigenvalue weighted by atomic mass is 9.87. The van der Waals surface area contributed by atoms with Gasteiger partial charge in [-0.2, -0.15) is 15.8 Å². The van der Waals surface area contributed by atoms with E-state index in [0.717, 1.165) is 60.9 Å². The van der Waals surface area contributed by atoms with Crippen molar-refractivity contribution in [1.82, 2.24) is 9.13 Å². The van der Waals surface area contributed by atoms with Gasteiger partial charge in [-0.15, -0.1) is 0 Å². The Morgan fingerprint density at radius 1 is 0.420 bits per heavy atom. The molecule has 2 heterocycles. The summed E-state index contributed by atoms with van der Waals surface area (Å²) in [5.74, 6) is 0. The van der Waals surface area contributed by atoms with E-state index >= 15 is 0 Å². The van der Waals surface area contributed by atoms with Crippen molar-refractivity contribution in [3.8, 4) is 51.8 Å². The van der Waals surface area contributed by atoms with Gasteiger partial charge >= 0.3 is 0 Å². The number of rotatable bonds is 4. The number of hydrogen-bond acceptors (Lipinski definition) is 3. The van der Waals surface area contributed by atoms with Crippen LogP contribution >= 0.6 is 0 Å². The summed E-state index contributed by atoms with van der Waals surface area (Å²) in [6.07, 6.45) is 0. The molecule has 0 saturated carbocycles. The minimum atomic E-state index is 0.326. The fourth-order valence-electron chi connectivity index (χ4n) is 7.54. The molecule has 9 rings (SSSR count). The van der Waals surface area contributed by atoms with Gasteiger partial charge in [-0.25, -0.2) is 0 Å². The van der Waals surface area contributed by atoms with Crippen LogP contribution < -0.4 is 0 Å². The standard InChI is InChI=1S/C45H25N5/c46-26-29-20-23-44-38(24-29)36-15-4-8-19-43(36)50(44)42-18-7-3-14-35(42)37-22-21-31(27-47)39(28-48)45(37)30-10-9-11-32(25-30)49-40-16-5-1-12-33(40)34-13-2-6-17-41(34)49/h1-25H. The predicted molar refractivity (Wildman–Crippen MR) is 200 cm³/mol. The molecule has 0 atom stereocenters. The van der Waals surface area contributed by atoms with E-state index < -0.39 is 0 Å². The van der Waals surface area contributed by atoms with Gasteiger partial charge in [0.15, 0.2) is 0 Å². The number of fused-ring (bicyclic) bond motifs is 6. The highest BCUT2D eigenvalue weighted by atomic mass is 15.0. The zero-order chi connectivity index (χ0) is 33.8. The second-order valence-corrected chi connectivity index (χ2v) is 12.3. The smallest absolute Gasteiger partial charge is 0.101 e. The van der Waals surface area contributed by atoms with Gasteiger partial charge in [-0.1, -0.05) is 91.0 Å². The summed E-state index contributed by atoms with van der Waals surface area (Å²) in [6.45, 7) is 0. The Bertz CT molecular complexity index is 2920. The van der Waals surface area contributed by atoms with E-state index in [1.54, 1.807) is 6.07 Å². The monoisotopic (exact) mass is 635 g/mol. The maximum absolute atomic E-state index is 10.6. The molecule has 0 fully saturated rings. The highest BCUT2D eigenvalue weighted by Gasteiger charge is 2.22. The van der Waals surface area contributed by atoms with Gasteiger partial charge in [0.2, 0.25) is 0 Å². The molecule has 0 spiro atoms. The van der Waals surface area contributed by atoms with Crippen molar-refractivity contribution in [2.24, 2.45) is 0 Å². The molecule has 0 N–H and O–H groups in total. The molecule has 0 radical (unpaired) electrons. The average Bonchev–Trinajstić information content (AvgIpc) is 3.70. The molecule has 230 valence electrons. The maximum atomic E-state index is 10.6. The summed E-state index contributed by atoms with van der Waals surface area (Å²) < 4.78 is 4.49. The SMILES string of the molecule is N#Cc1ccc2c(c1)c1ccccc1n2-c1ccccc1-c1ccc(C#N)c(C#N)c1-c1cccc(-n2c3ccccc3c3ccccc32)c1. The third-order valence-corrected chi connectivity index (χ3v) is 9.65. The molecular formula is C45H25N5. The van der Waals surface area contributed by atoms with Crippen LogP contribution in [0.3, 0.4) is 0 Å². The number of nitriles is 3. The van der Waals surface area contributed by atoms with E-state index in [9.17, 15) is 15.8 Å². The van der Waals surface area contributed by atoms with E-state index in [-0.39, 0.29) is 0 Å². The number of nitrogens with zero attached hydrogens (tertiary/aromatic N) is 5. The van der Waals surface area contributed by atoms with Crippen LogP contribution in [0.1, 0.15) is 16.7 Å². The number of aromatic nitrogens is 2. The molecule has 0 aliphatic carbocycles. The Morgan fingerprint density at radius 3 is 1.72 bits per heavy atom. The van der Waals surface area contributed by atoms with Crippen molar-refractivity contribution in [1.29, 1.82) is 15.8 Å². The van der Waals surface area contributed by atoms with Gasteiger partial charge in [0.1, 0.15) is 12.1 Å². The van der Waals surface area contributed by atoms with Crippen molar-refractivity contribution >= 4 is 43.6 Å². The lowest BCUT2D eigenvalue weighted by Crippen LogP contribution is -2.01. The van der Waals surface area contributed by atoms with E-state index in [4.69, 9.17) is 0 Å². The Balaban J connectivity index is 1.33. The predicted octanol–water partition coefficient (Wildman–Crippen LogP) is 10.8. The Labute approximate surface area is 287 Å². The average molecular weight is 636 g/mol. The Morgan fingerprint density at radius 2 is 1.04 bits per heavy atom. The molecule has 0 aliphatic heterocycles. The summed E-state index contributed by atoms with van der Waals surface area (Å²) in [6, 6.07) is 57.8. The van der Waals surface area contributed by atoms with Crippen molar-refractivity contribution in [3.05, 3.63) is 168 Å². The molecule has 0 bridgehead atoms. The van der Waals surface area contributed by atoms with E-state index in [2.05, 4.69) is 112 Å². The molecule has 5 heteroatoms. The fraction of sp³-hybridized carbons (Fsp3) is 0. The highest BCUT2D eigenvalue weighted by Crippen LogP contribution is 2.42. The Hall–Kier alpha value is -7.39. The quantitative estimate of drug-likeness (QED) is 0.193. The lowest BCUT2D eigenvalue weighted by Gasteiger charge is -2.19. The first-order chi connectivity index (χ1) is 24.7. The van der Waals surface area contributed by atoms with Crippen LogP contribution in [0.2, 0.25) is 0 Å². The molecule has 9 aromatic rings. The maximum Gasteiger partial charge on any atom is 0.101 e. The Kier molecular flexibility index (Phi) is 6.56. The van der Waals surface area contributed by atoms with Crippen molar-refractivity contribution in [2.45, 2.75) is 0 Å². The first-order valence-electron chi connectivity index (χ1n) is 16.3. The van der Waals surface area contributed by atoms with Crippen LogP contribution in [0.25, 0.3) is 77.2 Å². The lowest BCUT2D eigenvalue weighted by molar-refractivity contribution is 1.18. The number of para-hydroxylation sites is 4. The second-order valence-electron chi connectivity index (χ2n) is 12.3. The normalized spacial score (nSPS) is 11.1. The summed E-state index contributed by atoms with van der Waals surface area (Å²) in [5, 5.41) is 34.9. The third-order valence-electron chi connectivity index (χ3n) is 9.65. The van der Waals surface area contributed by atoms with E-state index in [1.165, 1.54) is 10.8 Å². The summed E-state index contributed by atoms with van der Waals surface area (Å²) in [5.41, 5.74) is 10.6. The molecule has 5 nitrogen and oxygen atoms in total. The summed E-state index contributed by atoms with van der Waals surface area (Å²) in [7, 11) is 0. The molecular weight excluding hydrogens is 611 g/mol. The first kappa shape index (κ1) is 28.8.